The van der Waals surface area contributed by atoms with Gasteiger partial charge in [-0.3, -0.25) is 33.6 Å². The van der Waals surface area contributed by atoms with Crippen molar-refractivity contribution in [1.82, 2.24) is 38.8 Å². The number of halogens is 2. The number of nitrogens with one attached hydrogen (secondary N) is 2. The van der Waals surface area contributed by atoms with Crippen LogP contribution in [-0.4, -0.2) is 70.9 Å². The molecule has 0 aliphatic carbocycles. The van der Waals surface area contributed by atoms with Gasteiger partial charge in [0.1, 0.15) is 17.0 Å². The molecule has 1 fully saturated rings. The molecule has 0 unspecified atom stereocenters. The Balaban J connectivity index is 0.930. The average molecular weight is 717 g/mol. The van der Waals surface area contributed by atoms with Gasteiger partial charge in [-0.05, 0) is 66.2 Å². The first-order chi connectivity index (χ1) is 25.7. The highest BCUT2D eigenvalue weighted by Crippen LogP contribution is 2.24. The van der Waals surface area contributed by atoms with Crippen molar-refractivity contribution in [1.29, 1.82) is 0 Å². The van der Waals surface area contributed by atoms with Crippen molar-refractivity contribution in [3.05, 3.63) is 145 Å². The fourth-order valence-corrected chi connectivity index (χ4v) is 6.65. The van der Waals surface area contributed by atoms with Crippen molar-refractivity contribution >= 4 is 45.2 Å². The van der Waals surface area contributed by atoms with Crippen LogP contribution in [0.25, 0.3) is 27.6 Å². The maximum absolute atomic E-state index is 15.0. The van der Waals surface area contributed by atoms with Crippen LogP contribution in [-0.2, 0) is 13.6 Å². The van der Waals surface area contributed by atoms with Gasteiger partial charge in [0.2, 0.25) is 5.95 Å². The van der Waals surface area contributed by atoms with Gasteiger partial charge in [-0.2, -0.15) is 4.98 Å². The van der Waals surface area contributed by atoms with E-state index in [2.05, 4.69) is 30.2 Å². The number of anilines is 3. The van der Waals surface area contributed by atoms with Crippen LogP contribution in [0.15, 0.2) is 106 Å². The number of carbonyl (C=O) groups is 1. The predicted molar refractivity (Wildman–Crippen MR) is 194 cm³/mol. The molecule has 7 aromatic rings. The zero-order valence-electron chi connectivity index (χ0n) is 28.2. The topological polar surface area (TPSA) is 156 Å². The number of rotatable bonds is 7. The van der Waals surface area contributed by atoms with Gasteiger partial charge in [-0.25, -0.2) is 23.2 Å². The number of benzene rings is 3. The first kappa shape index (κ1) is 33.2. The molecule has 53 heavy (non-hydrogen) atoms. The number of hydrogen-bond donors (Lipinski definition) is 2. The van der Waals surface area contributed by atoms with E-state index in [-0.39, 0.29) is 28.6 Å². The van der Waals surface area contributed by atoms with E-state index in [9.17, 15) is 23.6 Å². The van der Waals surface area contributed by atoms with Gasteiger partial charge < -0.3 is 15.1 Å². The van der Waals surface area contributed by atoms with E-state index in [4.69, 9.17) is 0 Å². The summed E-state index contributed by atoms with van der Waals surface area (Å²) in [6, 6.07) is 19.1. The summed E-state index contributed by atoms with van der Waals surface area (Å²) in [5.74, 6) is -1.64. The van der Waals surface area contributed by atoms with E-state index in [1.54, 1.807) is 41.2 Å². The van der Waals surface area contributed by atoms with E-state index in [1.165, 1.54) is 39.7 Å². The number of nitrogens with zero attached hydrogens (tertiary/aromatic N) is 8. The lowest BCUT2D eigenvalue weighted by Crippen LogP contribution is -2.49. The zero-order chi connectivity index (χ0) is 36.8. The third-order valence-electron chi connectivity index (χ3n) is 9.34. The Morgan fingerprint density at radius 3 is 2.40 bits per heavy atom. The van der Waals surface area contributed by atoms with Crippen LogP contribution in [0.2, 0.25) is 0 Å². The first-order valence-electron chi connectivity index (χ1n) is 16.6. The second-order valence-electron chi connectivity index (χ2n) is 12.5. The standard InChI is InChI=1S/C37H30F2N10O4/c1-45-32-27(35(52)49(45)25-11-13-40-14-12-25)20-41-36(43-32)42-23-6-8-24(9-7-23)46-15-17-47(18-16-46)34(51)26-19-22(5-10-28(26)38)21-48-30-4-2-3-29(39)31(30)33(50)44-37(48)53/h2-14,19-20H,15-18,21H2,1H3,(H,41,42,43)(H,44,50,53). The minimum atomic E-state index is -0.840. The molecule has 0 radical (unpaired) electrons. The molecule has 14 nitrogen and oxygen atoms in total. The Kier molecular flexibility index (Phi) is 8.33. The molecule has 0 spiro atoms. The summed E-state index contributed by atoms with van der Waals surface area (Å²) >= 11 is 0. The third kappa shape index (κ3) is 6.09. The number of fused-ring (bicyclic) bond motifs is 2. The molecule has 5 heterocycles. The van der Waals surface area contributed by atoms with Gasteiger partial charge in [-0.15, -0.1) is 0 Å². The second-order valence-corrected chi connectivity index (χ2v) is 12.5. The minimum absolute atomic E-state index is 0.0897. The Hall–Kier alpha value is -6.97. The number of piperazine rings is 1. The lowest BCUT2D eigenvalue weighted by molar-refractivity contribution is 0.0742. The quantitative estimate of drug-likeness (QED) is 0.252. The molecular weight excluding hydrogens is 686 g/mol. The molecule has 266 valence electrons. The molecule has 4 aromatic heterocycles. The van der Waals surface area contributed by atoms with Crippen LogP contribution in [0.4, 0.5) is 26.1 Å². The molecule has 1 aliphatic rings. The van der Waals surface area contributed by atoms with Gasteiger partial charge in [0.15, 0.2) is 5.65 Å². The molecule has 0 saturated carbocycles. The number of aromatic amines is 1. The van der Waals surface area contributed by atoms with Gasteiger partial charge in [-0.1, -0.05) is 12.1 Å². The largest absolute Gasteiger partial charge is 0.368 e. The van der Waals surface area contributed by atoms with Crippen molar-refractivity contribution in [2.24, 2.45) is 7.05 Å². The number of pyridine rings is 1. The van der Waals surface area contributed by atoms with Crippen molar-refractivity contribution in [2.75, 3.05) is 36.4 Å². The average Bonchev–Trinajstić information content (AvgIpc) is 3.42. The van der Waals surface area contributed by atoms with Crippen LogP contribution < -0.4 is 27.0 Å². The van der Waals surface area contributed by atoms with E-state index in [1.807, 2.05) is 24.3 Å². The number of amides is 1. The van der Waals surface area contributed by atoms with Gasteiger partial charge >= 0.3 is 5.69 Å². The molecular formula is C37H30F2N10O4. The highest BCUT2D eigenvalue weighted by molar-refractivity contribution is 5.95. The minimum Gasteiger partial charge on any atom is -0.368 e. The lowest BCUT2D eigenvalue weighted by atomic mass is 10.1. The fraction of sp³-hybridized carbons (Fsp3) is 0.162. The Morgan fingerprint density at radius 1 is 0.887 bits per heavy atom. The van der Waals surface area contributed by atoms with Crippen LogP contribution in [0.5, 0.6) is 0 Å². The van der Waals surface area contributed by atoms with Crippen molar-refractivity contribution in [3.8, 4) is 5.69 Å². The SMILES string of the molecule is Cn1c2nc(Nc3ccc(N4CCN(C(=O)c5cc(Cn6c(=O)[nH]c(=O)c7c(F)cccc76)ccc5F)CC4)cc3)ncc2c(=O)n1-c1ccncc1. The number of hydrogen-bond acceptors (Lipinski definition) is 9. The second kappa shape index (κ2) is 13.3. The maximum Gasteiger partial charge on any atom is 0.329 e. The normalized spacial score (nSPS) is 13.2. The summed E-state index contributed by atoms with van der Waals surface area (Å²) in [5.41, 5.74) is 1.34. The molecule has 16 heteroatoms. The summed E-state index contributed by atoms with van der Waals surface area (Å²) in [5, 5.41) is 3.31. The smallest absolute Gasteiger partial charge is 0.329 e. The fourth-order valence-electron chi connectivity index (χ4n) is 6.65. The van der Waals surface area contributed by atoms with Crippen molar-refractivity contribution < 1.29 is 13.6 Å². The van der Waals surface area contributed by atoms with E-state index in [0.717, 1.165) is 23.5 Å². The van der Waals surface area contributed by atoms with Crippen LogP contribution in [0, 0.1) is 11.6 Å². The summed E-state index contributed by atoms with van der Waals surface area (Å²) < 4.78 is 33.8. The lowest BCUT2D eigenvalue weighted by Gasteiger charge is -2.36. The molecule has 1 saturated heterocycles. The number of aryl methyl sites for hydroxylation is 1. The molecule has 1 aliphatic heterocycles. The summed E-state index contributed by atoms with van der Waals surface area (Å²) in [4.78, 5) is 70.2. The summed E-state index contributed by atoms with van der Waals surface area (Å²) in [7, 11) is 1.75. The van der Waals surface area contributed by atoms with Crippen molar-refractivity contribution in [2.45, 2.75) is 6.54 Å². The third-order valence-corrected chi connectivity index (χ3v) is 9.34. The first-order valence-corrected chi connectivity index (χ1v) is 16.6. The molecule has 8 rings (SSSR count). The number of carbonyl (C=O) groups excluding carboxylic acids is 1. The van der Waals surface area contributed by atoms with Crippen LogP contribution in [0.1, 0.15) is 15.9 Å². The molecule has 0 bridgehead atoms. The Bertz CT molecular complexity index is 2720. The summed E-state index contributed by atoms with van der Waals surface area (Å²) in [6.07, 6.45) is 4.72. The highest BCUT2D eigenvalue weighted by Gasteiger charge is 2.25. The Morgan fingerprint density at radius 2 is 1.64 bits per heavy atom. The van der Waals surface area contributed by atoms with E-state index >= 15 is 4.39 Å². The van der Waals surface area contributed by atoms with E-state index < -0.39 is 28.8 Å². The molecule has 1 amide bonds. The van der Waals surface area contributed by atoms with E-state index in [0.29, 0.717) is 54.4 Å². The molecule has 0 atom stereocenters. The monoisotopic (exact) mass is 716 g/mol. The van der Waals surface area contributed by atoms with Gasteiger partial charge in [0.05, 0.1) is 28.7 Å². The van der Waals surface area contributed by atoms with Gasteiger partial charge in [0, 0.05) is 63.2 Å². The zero-order valence-corrected chi connectivity index (χ0v) is 28.2. The highest BCUT2D eigenvalue weighted by atomic mass is 19.1. The number of H-pyrrole nitrogens is 1. The number of aromatic nitrogens is 7. The summed E-state index contributed by atoms with van der Waals surface area (Å²) in [6.45, 7) is 1.59. The predicted octanol–water partition coefficient (Wildman–Crippen LogP) is 3.55. The molecule has 2 N–H and O–H groups in total. The van der Waals surface area contributed by atoms with Crippen LogP contribution >= 0.6 is 0 Å². The maximum atomic E-state index is 15.0. The molecule has 3 aromatic carbocycles. The Labute approximate surface area is 298 Å². The van der Waals surface area contributed by atoms with Crippen LogP contribution in [0.3, 0.4) is 0 Å². The van der Waals surface area contributed by atoms with Gasteiger partial charge in [0.25, 0.3) is 17.0 Å². The van der Waals surface area contributed by atoms with Crippen molar-refractivity contribution in [3.63, 3.8) is 0 Å².